The minimum absolute atomic E-state index is 0.0567. The van der Waals surface area contributed by atoms with Crippen molar-refractivity contribution in [3.05, 3.63) is 64.9 Å². The van der Waals surface area contributed by atoms with Crippen LogP contribution in [0.5, 0.6) is 0 Å². The van der Waals surface area contributed by atoms with Crippen LogP contribution in [0.2, 0.25) is 5.02 Å². The lowest BCUT2D eigenvalue weighted by Crippen LogP contribution is -2.12. The van der Waals surface area contributed by atoms with E-state index in [1.165, 1.54) is 28.6 Å². The third-order valence-corrected chi connectivity index (χ3v) is 4.85. The number of benzene rings is 2. The molecule has 1 atom stereocenters. The van der Waals surface area contributed by atoms with Crippen LogP contribution >= 0.6 is 23.4 Å². The maximum atomic E-state index is 13.0. The van der Waals surface area contributed by atoms with Crippen LogP contribution in [-0.4, -0.2) is 14.9 Å². The van der Waals surface area contributed by atoms with Gasteiger partial charge in [0.15, 0.2) is 5.82 Å². The van der Waals surface area contributed by atoms with Gasteiger partial charge in [0.1, 0.15) is 5.82 Å². The third-order valence-electron chi connectivity index (χ3n) is 3.40. The van der Waals surface area contributed by atoms with Gasteiger partial charge in [-0.3, -0.25) is 0 Å². The highest BCUT2D eigenvalue weighted by molar-refractivity contribution is 7.99. The number of nitrogen functional groups attached to an aromatic ring is 1. The van der Waals surface area contributed by atoms with Crippen molar-refractivity contribution in [2.45, 2.75) is 17.3 Å². The summed E-state index contributed by atoms with van der Waals surface area (Å²) >= 11 is 7.63. The predicted molar refractivity (Wildman–Crippen MR) is 91.3 cm³/mol. The van der Waals surface area contributed by atoms with E-state index in [9.17, 15) is 4.39 Å². The Labute approximate surface area is 142 Å². The van der Waals surface area contributed by atoms with Crippen LogP contribution in [0.25, 0.3) is 11.4 Å². The first-order chi connectivity index (χ1) is 11.1. The molecule has 0 aliphatic carbocycles. The van der Waals surface area contributed by atoms with E-state index >= 15 is 0 Å². The van der Waals surface area contributed by atoms with Gasteiger partial charge in [-0.05, 0) is 36.8 Å². The molecule has 118 valence electrons. The molecule has 0 saturated carbocycles. The second kappa shape index (κ2) is 6.60. The van der Waals surface area contributed by atoms with Crippen molar-refractivity contribution < 1.29 is 4.39 Å². The molecule has 0 amide bonds. The summed E-state index contributed by atoms with van der Waals surface area (Å²) in [7, 11) is 0. The van der Waals surface area contributed by atoms with E-state index in [-0.39, 0.29) is 11.1 Å². The molecule has 0 spiro atoms. The van der Waals surface area contributed by atoms with Gasteiger partial charge in [0.05, 0.1) is 5.02 Å². The van der Waals surface area contributed by atoms with E-state index < -0.39 is 0 Å². The lowest BCUT2D eigenvalue weighted by molar-refractivity contribution is 0.627. The Morgan fingerprint density at radius 1 is 1.13 bits per heavy atom. The Morgan fingerprint density at radius 2 is 1.83 bits per heavy atom. The SMILES string of the molecule is CC(Sc1nnc(-c2ccccc2Cl)n1N)c1ccc(F)cc1. The van der Waals surface area contributed by atoms with Crippen LogP contribution in [-0.2, 0) is 0 Å². The molecule has 0 aliphatic rings. The van der Waals surface area contributed by atoms with E-state index in [0.29, 0.717) is 16.0 Å². The van der Waals surface area contributed by atoms with Gasteiger partial charge in [0.2, 0.25) is 5.16 Å². The van der Waals surface area contributed by atoms with E-state index in [2.05, 4.69) is 10.2 Å². The monoisotopic (exact) mass is 348 g/mol. The van der Waals surface area contributed by atoms with Crippen molar-refractivity contribution in [3.63, 3.8) is 0 Å². The van der Waals surface area contributed by atoms with Gasteiger partial charge in [-0.2, -0.15) is 0 Å². The average Bonchev–Trinajstić information content (AvgIpc) is 2.89. The number of thioether (sulfide) groups is 1. The molecule has 0 saturated heterocycles. The van der Waals surface area contributed by atoms with Crippen LogP contribution in [0.4, 0.5) is 4.39 Å². The molecule has 1 heterocycles. The molecule has 3 rings (SSSR count). The van der Waals surface area contributed by atoms with Crippen molar-refractivity contribution in [2.24, 2.45) is 0 Å². The number of hydrogen-bond donors (Lipinski definition) is 1. The van der Waals surface area contributed by atoms with E-state index in [1.54, 1.807) is 18.2 Å². The summed E-state index contributed by atoms with van der Waals surface area (Å²) in [5.41, 5.74) is 1.71. The molecule has 0 aliphatic heterocycles. The van der Waals surface area contributed by atoms with Crippen LogP contribution < -0.4 is 5.84 Å². The fourth-order valence-electron chi connectivity index (χ4n) is 2.14. The Kier molecular flexibility index (Phi) is 4.54. The first-order valence-corrected chi connectivity index (χ1v) is 8.19. The summed E-state index contributed by atoms with van der Waals surface area (Å²) in [6.45, 7) is 2.00. The average molecular weight is 349 g/mol. The molecule has 0 bridgehead atoms. The van der Waals surface area contributed by atoms with Gasteiger partial charge in [0, 0.05) is 10.8 Å². The Bertz CT molecular complexity index is 819. The van der Waals surface area contributed by atoms with Crippen molar-refractivity contribution in [2.75, 3.05) is 5.84 Å². The highest BCUT2D eigenvalue weighted by atomic mass is 35.5. The van der Waals surface area contributed by atoms with Crippen molar-refractivity contribution in [3.8, 4) is 11.4 Å². The standard InChI is InChI=1S/C16H14ClFN4S/c1-10(11-6-8-12(18)9-7-11)23-16-21-20-15(22(16)19)13-4-2-3-5-14(13)17/h2-10H,19H2,1H3. The van der Waals surface area contributed by atoms with Gasteiger partial charge in [-0.25, -0.2) is 9.07 Å². The van der Waals surface area contributed by atoms with Crippen LogP contribution in [0.1, 0.15) is 17.7 Å². The van der Waals surface area contributed by atoms with Gasteiger partial charge in [-0.15, -0.1) is 10.2 Å². The van der Waals surface area contributed by atoms with Crippen LogP contribution in [0.3, 0.4) is 0 Å². The topological polar surface area (TPSA) is 56.7 Å². The molecule has 0 fully saturated rings. The molecule has 3 aromatic rings. The zero-order valence-electron chi connectivity index (χ0n) is 12.3. The summed E-state index contributed by atoms with van der Waals surface area (Å²) in [5, 5.41) is 9.45. The van der Waals surface area contributed by atoms with E-state index in [1.807, 2.05) is 25.1 Å². The van der Waals surface area contributed by atoms with Gasteiger partial charge in [-0.1, -0.05) is 47.6 Å². The number of rotatable bonds is 4. The largest absolute Gasteiger partial charge is 0.335 e. The Morgan fingerprint density at radius 3 is 2.52 bits per heavy atom. The minimum Gasteiger partial charge on any atom is -0.335 e. The minimum atomic E-state index is -0.256. The summed E-state index contributed by atoms with van der Waals surface area (Å²) in [4.78, 5) is 0. The highest BCUT2D eigenvalue weighted by Gasteiger charge is 2.17. The molecule has 0 radical (unpaired) electrons. The Balaban J connectivity index is 1.85. The molecular formula is C16H14ClFN4S. The number of halogens is 2. The number of aromatic nitrogens is 3. The van der Waals surface area contributed by atoms with E-state index in [0.717, 1.165) is 11.1 Å². The zero-order chi connectivity index (χ0) is 16.4. The van der Waals surface area contributed by atoms with Gasteiger partial charge >= 0.3 is 0 Å². The van der Waals surface area contributed by atoms with E-state index in [4.69, 9.17) is 17.4 Å². The number of nitrogens with zero attached hydrogens (tertiary/aromatic N) is 3. The fourth-order valence-corrected chi connectivity index (χ4v) is 3.26. The van der Waals surface area contributed by atoms with Crippen LogP contribution in [0.15, 0.2) is 53.7 Å². The molecule has 7 heteroatoms. The zero-order valence-corrected chi connectivity index (χ0v) is 13.9. The van der Waals surface area contributed by atoms with Gasteiger partial charge < -0.3 is 5.84 Å². The second-order valence-electron chi connectivity index (χ2n) is 4.97. The molecule has 2 aromatic carbocycles. The van der Waals surface area contributed by atoms with Crippen molar-refractivity contribution in [1.82, 2.24) is 14.9 Å². The predicted octanol–water partition coefficient (Wildman–Crippen LogP) is 4.30. The number of hydrogen-bond acceptors (Lipinski definition) is 4. The molecule has 1 unspecified atom stereocenters. The first kappa shape index (κ1) is 15.8. The third kappa shape index (κ3) is 3.33. The summed E-state index contributed by atoms with van der Waals surface area (Å²) in [5.74, 6) is 6.36. The maximum absolute atomic E-state index is 13.0. The first-order valence-electron chi connectivity index (χ1n) is 6.94. The lowest BCUT2D eigenvalue weighted by Gasteiger charge is -2.11. The van der Waals surface area contributed by atoms with Crippen LogP contribution in [0, 0.1) is 5.82 Å². The van der Waals surface area contributed by atoms with Crippen molar-refractivity contribution in [1.29, 1.82) is 0 Å². The smallest absolute Gasteiger partial charge is 0.210 e. The summed E-state index contributed by atoms with van der Waals surface area (Å²) < 4.78 is 14.4. The highest BCUT2D eigenvalue weighted by Crippen LogP contribution is 2.35. The summed E-state index contributed by atoms with van der Waals surface area (Å²) in [6, 6.07) is 13.7. The lowest BCUT2D eigenvalue weighted by atomic mass is 10.2. The Hall–Kier alpha value is -2.05. The molecule has 2 N–H and O–H groups in total. The molecule has 1 aromatic heterocycles. The quantitative estimate of drug-likeness (QED) is 0.564. The summed E-state index contributed by atoms with van der Waals surface area (Å²) in [6.07, 6.45) is 0. The molecule has 23 heavy (non-hydrogen) atoms. The molecular weight excluding hydrogens is 335 g/mol. The van der Waals surface area contributed by atoms with Gasteiger partial charge in [0.25, 0.3) is 0 Å². The fraction of sp³-hybridized carbons (Fsp3) is 0.125. The number of nitrogens with two attached hydrogens (primary N) is 1. The molecule has 4 nitrogen and oxygen atoms in total. The maximum Gasteiger partial charge on any atom is 0.210 e. The van der Waals surface area contributed by atoms with Crippen molar-refractivity contribution >= 4 is 23.4 Å². The normalized spacial score (nSPS) is 12.3. The second-order valence-corrected chi connectivity index (χ2v) is 6.68.